The highest BCUT2D eigenvalue weighted by Crippen LogP contribution is 2.25. The third kappa shape index (κ3) is 2.35. The molecule has 2 rings (SSSR count). The minimum Gasteiger partial charge on any atom is -0.391 e. The fourth-order valence-corrected chi connectivity index (χ4v) is 2.66. The molecule has 15 heavy (non-hydrogen) atoms. The molecule has 0 bridgehead atoms. The number of aliphatic hydroxyl groups is 1. The van der Waals surface area contributed by atoms with Crippen LogP contribution in [0.1, 0.15) is 5.56 Å². The van der Waals surface area contributed by atoms with Gasteiger partial charge in [-0.2, -0.15) is 11.8 Å². The lowest BCUT2D eigenvalue weighted by Gasteiger charge is -2.28. The first kappa shape index (κ1) is 11.0. The van der Waals surface area contributed by atoms with Crippen LogP contribution < -0.4 is 4.90 Å². The second-order valence-corrected chi connectivity index (χ2v) is 4.81. The summed E-state index contributed by atoms with van der Waals surface area (Å²) in [6.07, 6.45) is 1.44. The number of hydrogen-bond acceptors (Lipinski definition) is 5. The van der Waals surface area contributed by atoms with Gasteiger partial charge in [-0.1, -0.05) is 11.6 Å². The second kappa shape index (κ2) is 5.01. The van der Waals surface area contributed by atoms with Crippen molar-refractivity contribution in [2.24, 2.45) is 0 Å². The highest BCUT2D eigenvalue weighted by atomic mass is 35.5. The highest BCUT2D eigenvalue weighted by molar-refractivity contribution is 7.99. The summed E-state index contributed by atoms with van der Waals surface area (Å²) < 4.78 is 0. The van der Waals surface area contributed by atoms with Gasteiger partial charge in [-0.05, 0) is 0 Å². The van der Waals surface area contributed by atoms with Gasteiger partial charge in [-0.25, -0.2) is 9.97 Å². The number of thioether (sulfide) groups is 1. The third-order valence-electron chi connectivity index (χ3n) is 2.34. The van der Waals surface area contributed by atoms with Gasteiger partial charge >= 0.3 is 0 Å². The lowest BCUT2D eigenvalue weighted by atomic mass is 10.3. The van der Waals surface area contributed by atoms with E-state index in [2.05, 4.69) is 14.9 Å². The van der Waals surface area contributed by atoms with Crippen LogP contribution in [0.3, 0.4) is 0 Å². The standard InChI is InChI=1S/C9H12ClN3OS/c10-8-7(5-14)9(12-6-11-8)13-1-3-15-4-2-13/h6,14H,1-5H2. The van der Waals surface area contributed by atoms with Crippen LogP contribution >= 0.6 is 23.4 Å². The SMILES string of the molecule is OCc1c(Cl)ncnc1N1CCSCC1. The molecule has 0 saturated carbocycles. The molecule has 0 aliphatic carbocycles. The maximum absolute atomic E-state index is 9.23. The predicted octanol–water partition coefficient (Wildman–Crippen LogP) is 1.18. The van der Waals surface area contributed by atoms with Gasteiger partial charge < -0.3 is 10.0 Å². The zero-order valence-corrected chi connectivity index (χ0v) is 9.76. The van der Waals surface area contributed by atoms with E-state index < -0.39 is 0 Å². The minimum absolute atomic E-state index is 0.112. The predicted molar refractivity (Wildman–Crippen MR) is 62.5 cm³/mol. The molecule has 0 aromatic carbocycles. The minimum atomic E-state index is -0.112. The molecule has 0 spiro atoms. The van der Waals surface area contributed by atoms with Crippen molar-refractivity contribution in [1.82, 2.24) is 9.97 Å². The van der Waals surface area contributed by atoms with Gasteiger partial charge in [0.15, 0.2) is 0 Å². The molecule has 0 radical (unpaired) electrons. The molecule has 0 atom stereocenters. The number of aliphatic hydroxyl groups excluding tert-OH is 1. The Kier molecular flexibility index (Phi) is 3.66. The van der Waals surface area contributed by atoms with Crippen molar-refractivity contribution in [3.63, 3.8) is 0 Å². The Morgan fingerprint density at radius 2 is 2.13 bits per heavy atom. The molecule has 6 heteroatoms. The monoisotopic (exact) mass is 245 g/mol. The van der Waals surface area contributed by atoms with E-state index in [0.29, 0.717) is 10.7 Å². The van der Waals surface area contributed by atoms with Crippen molar-refractivity contribution in [3.8, 4) is 0 Å². The van der Waals surface area contributed by atoms with Crippen LogP contribution in [-0.4, -0.2) is 39.7 Å². The molecule has 1 aliphatic heterocycles. The van der Waals surface area contributed by atoms with Gasteiger partial charge in [0.25, 0.3) is 0 Å². The zero-order chi connectivity index (χ0) is 10.7. The molecule has 1 saturated heterocycles. The summed E-state index contributed by atoms with van der Waals surface area (Å²) in [5.41, 5.74) is 0.631. The van der Waals surface area contributed by atoms with Gasteiger partial charge in [-0.15, -0.1) is 0 Å². The van der Waals surface area contributed by atoms with E-state index in [1.54, 1.807) is 0 Å². The summed E-state index contributed by atoms with van der Waals surface area (Å²) in [5.74, 6) is 2.96. The van der Waals surface area contributed by atoms with Crippen molar-refractivity contribution >= 4 is 29.2 Å². The van der Waals surface area contributed by atoms with Crippen LogP contribution in [0.15, 0.2) is 6.33 Å². The molecule has 1 aromatic rings. The summed E-state index contributed by atoms with van der Waals surface area (Å²) in [5, 5.41) is 9.58. The topological polar surface area (TPSA) is 49.3 Å². The number of hydrogen-bond donors (Lipinski definition) is 1. The highest BCUT2D eigenvalue weighted by Gasteiger charge is 2.17. The van der Waals surface area contributed by atoms with Crippen molar-refractivity contribution < 1.29 is 5.11 Å². The molecule has 82 valence electrons. The van der Waals surface area contributed by atoms with E-state index in [9.17, 15) is 5.11 Å². The van der Waals surface area contributed by atoms with E-state index in [-0.39, 0.29) is 6.61 Å². The van der Waals surface area contributed by atoms with E-state index in [0.717, 1.165) is 30.4 Å². The van der Waals surface area contributed by atoms with Crippen LogP contribution in [0.4, 0.5) is 5.82 Å². The van der Waals surface area contributed by atoms with Crippen molar-refractivity contribution in [2.45, 2.75) is 6.61 Å². The number of halogens is 1. The van der Waals surface area contributed by atoms with Crippen molar-refractivity contribution in [1.29, 1.82) is 0 Å². The van der Waals surface area contributed by atoms with Crippen molar-refractivity contribution in [3.05, 3.63) is 17.0 Å². The second-order valence-electron chi connectivity index (χ2n) is 3.22. The Morgan fingerprint density at radius 3 is 2.80 bits per heavy atom. The number of aromatic nitrogens is 2. The molecule has 1 aromatic heterocycles. The molecule has 0 amide bonds. The Balaban J connectivity index is 2.29. The third-order valence-corrected chi connectivity index (χ3v) is 3.61. The first-order valence-corrected chi connectivity index (χ1v) is 6.29. The average molecular weight is 246 g/mol. The van der Waals surface area contributed by atoms with Crippen molar-refractivity contribution in [2.75, 3.05) is 29.5 Å². The smallest absolute Gasteiger partial charge is 0.140 e. The normalized spacial score (nSPS) is 16.8. The van der Waals surface area contributed by atoms with E-state index in [1.165, 1.54) is 6.33 Å². The maximum atomic E-state index is 9.23. The fourth-order valence-electron chi connectivity index (χ4n) is 1.57. The van der Waals surface area contributed by atoms with Gasteiger partial charge in [0.05, 0.1) is 12.2 Å². The Morgan fingerprint density at radius 1 is 1.40 bits per heavy atom. The molecule has 1 N–H and O–H groups in total. The summed E-state index contributed by atoms with van der Waals surface area (Å²) in [6, 6.07) is 0. The largest absolute Gasteiger partial charge is 0.391 e. The first-order chi connectivity index (χ1) is 7.33. The summed E-state index contributed by atoms with van der Waals surface area (Å²) >= 11 is 7.84. The van der Waals surface area contributed by atoms with Crippen LogP contribution in [-0.2, 0) is 6.61 Å². The summed E-state index contributed by atoms with van der Waals surface area (Å²) in [6.45, 7) is 1.79. The van der Waals surface area contributed by atoms with Gasteiger partial charge in [0, 0.05) is 24.6 Å². The van der Waals surface area contributed by atoms with E-state index in [4.69, 9.17) is 11.6 Å². The summed E-state index contributed by atoms with van der Waals surface area (Å²) in [7, 11) is 0. The van der Waals surface area contributed by atoms with Gasteiger partial charge in [-0.3, -0.25) is 0 Å². The van der Waals surface area contributed by atoms with Gasteiger partial charge in [0.2, 0.25) is 0 Å². The Labute approximate surface area is 97.7 Å². The molecule has 1 fully saturated rings. The first-order valence-electron chi connectivity index (χ1n) is 4.76. The molecule has 1 aliphatic rings. The van der Waals surface area contributed by atoms with E-state index >= 15 is 0 Å². The van der Waals surface area contributed by atoms with E-state index in [1.807, 2.05) is 11.8 Å². The number of nitrogens with zero attached hydrogens (tertiary/aromatic N) is 3. The molecule has 2 heterocycles. The number of anilines is 1. The average Bonchev–Trinajstić information content (AvgIpc) is 2.30. The Bertz CT molecular complexity index is 344. The molecule has 0 unspecified atom stereocenters. The van der Waals surface area contributed by atoms with Crippen LogP contribution in [0, 0.1) is 0 Å². The van der Waals surface area contributed by atoms with Crippen LogP contribution in [0.25, 0.3) is 0 Å². The maximum Gasteiger partial charge on any atom is 0.140 e. The quantitative estimate of drug-likeness (QED) is 0.793. The van der Waals surface area contributed by atoms with Gasteiger partial charge in [0.1, 0.15) is 17.3 Å². The molecule has 4 nitrogen and oxygen atoms in total. The Hall–Kier alpha value is -0.520. The van der Waals surface area contributed by atoms with Crippen LogP contribution in [0.2, 0.25) is 5.15 Å². The lowest BCUT2D eigenvalue weighted by molar-refractivity contribution is 0.281. The summed E-state index contributed by atoms with van der Waals surface area (Å²) in [4.78, 5) is 10.2. The zero-order valence-electron chi connectivity index (χ0n) is 8.19. The van der Waals surface area contributed by atoms with Crippen LogP contribution in [0.5, 0.6) is 0 Å². The lowest BCUT2D eigenvalue weighted by Crippen LogP contribution is -2.34. The molecular weight excluding hydrogens is 234 g/mol. The fraction of sp³-hybridized carbons (Fsp3) is 0.556. The molecular formula is C9H12ClN3OS. The number of rotatable bonds is 2.